The summed E-state index contributed by atoms with van der Waals surface area (Å²) in [7, 11) is 0. The fourth-order valence-corrected chi connectivity index (χ4v) is 4.77. The molecule has 0 saturated carbocycles. The van der Waals surface area contributed by atoms with Crippen molar-refractivity contribution in [2.45, 2.75) is 39.9 Å². The largest absolute Gasteiger partial charge is 0.488 e. The standard InChI is InChI=1S/C24H24BrClN4O2S/c1-14-7-22(32-12-16-8-15(2)33-13-16)17(25)11-30(14)21-9-20(28-10-18(21)26)19-5-6-27-23(29-19)24(3,4)31/h5-10,13,31H,11-12H2,1-4H3. The molecule has 0 fully saturated rings. The predicted octanol–water partition coefficient (Wildman–Crippen LogP) is 6.34. The molecule has 9 heteroatoms. The molecule has 0 amide bonds. The fraction of sp³-hybridized carbons (Fsp3) is 0.292. The second-order valence-corrected chi connectivity index (χ2v) is 10.8. The number of aliphatic hydroxyl groups is 1. The molecular weight excluding hydrogens is 524 g/mol. The van der Waals surface area contributed by atoms with E-state index in [-0.39, 0.29) is 0 Å². The molecule has 0 unspecified atom stereocenters. The van der Waals surface area contributed by atoms with Gasteiger partial charge in [-0.25, -0.2) is 9.97 Å². The molecule has 6 nitrogen and oxygen atoms in total. The van der Waals surface area contributed by atoms with Crippen molar-refractivity contribution < 1.29 is 9.84 Å². The number of aromatic nitrogens is 3. The fourth-order valence-electron chi connectivity index (χ4n) is 3.39. The summed E-state index contributed by atoms with van der Waals surface area (Å²) in [6.45, 7) is 8.50. The van der Waals surface area contributed by atoms with Gasteiger partial charge in [-0.1, -0.05) is 11.6 Å². The van der Waals surface area contributed by atoms with E-state index >= 15 is 0 Å². The topological polar surface area (TPSA) is 71.4 Å². The van der Waals surface area contributed by atoms with Crippen LogP contribution in [0.15, 0.2) is 58.0 Å². The van der Waals surface area contributed by atoms with Crippen LogP contribution >= 0.6 is 38.9 Å². The van der Waals surface area contributed by atoms with Gasteiger partial charge in [-0.05, 0) is 67.2 Å². The summed E-state index contributed by atoms with van der Waals surface area (Å²) in [4.78, 5) is 16.5. The molecule has 0 spiro atoms. The van der Waals surface area contributed by atoms with E-state index in [1.807, 2.05) is 19.1 Å². The second kappa shape index (κ2) is 9.54. The zero-order chi connectivity index (χ0) is 23.8. The number of nitrogens with zero attached hydrogens (tertiary/aromatic N) is 4. The Hall–Kier alpha value is -2.26. The van der Waals surface area contributed by atoms with Gasteiger partial charge in [-0.2, -0.15) is 0 Å². The molecule has 0 aliphatic carbocycles. The third kappa shape index (κ3) is 5.46. The molecule has 1 aliphatic rings. The normalized spacial score (nSPS) is 14.5. The van der Waals surface area contributed by atoms with Gasteiger partial charge in [0, 0.05) is 34.6 Å². The van der Waals surface area contributed by atoms with Gasteiger partial charge >= 0.3 is 0 Å². The predicted molar refractivity (Wildman–Crippen MR) is 136 cm³/mol. The first-order valence-electron chi connectivity index (χ1n) is 10.3. The molecule has 0 saturated heterocycles. The molecule has 3 aromatic heterocycles. The highest BCUT2D eigenvalue weighted by molar-refractivity contribution is 9.11. The Kier molecular flexibility index (Phi) is 6.91. The van der Waals surface area contributed by atoms with Crippen LogP contribution in [0.1, 0.15) is 37.0 Å². The number of thiophene rings is 1. The number of aryl methyl sites for hydroxylation is 1. The van der Waals surface area contributed by atoms with Gasteiger partial charge in [0.15, 0.2) is 5.82 Å². The van der Waals surface area contributed by atoms with Gasteiger partial charge in [0.1, 0.15) is 18.0 Å². The molecule has 4 heterocycles. The molecule has 0 aromatic carbocycles. The SMILES string of the molecule is CC1=CC(OCc2csc(C)c2)=C(Br)CN1c1cc(-c2ccnc(C(C)(C)O)n2)ncc1Cl. The second-order valence-electron chi connectivity index (χ2n) is 8.34. The first kappa shape index (κ1) is 23.9. The smallest absolute Gasteiger partial charge is 0.160 e. The maximum atomic E-state index is 10.3. The summed E-state index contributed by atoms with van der Waals surface area (Å²) in [5, 5.41) is 12.9. The lowest BCUT2D eigenvalue weighted by molar-refractivity contribution is 0.0688. The number of halogens is 2. The summed E-state index contributed by atoms with van der Waals surface area (Å²) in [5.74, 6) is 1.14. The third-order valence-corrected chi connectivity index (χ3v) is 6.94. The number of anilines is 1. The molecule has 1 aliphatic heterocycles. The Morgan fingerprint density at radius 2 is 2.03 bits per heavy atom. The maximum absolute atomic E-state index is 10.3. The number of hydrogen-bond acceptors (Lipinski definition) is 7. The average molecular weight is 548 g/mol. The minimum Gasteiger partial charge on any atom is -0.488 e. The van der Waals surface area contributed by atoms with E-state index in [9.17, 15) is 5.11 Å². The summed E-state index contributed by atoms with van der Waals surface area (Å²) >= 11 is 11.9. The van der Waals surface area contributed by atoms with Crippen molar-refractivity contribution in [2.24, 2.45) is 0 Å². The van der Waals surface area contributed by atoms with Gasteiger partial charge in [-0.3, -0.25) is 4.98 Å². The molecular formula is C24H24BrClN4O2S. The van der Waals surface area contributed by atoms with E-state index < -0.39 is 5.60 Å². The van der Waals surface area contributed by atoms with E-state index in [0.29, 0.717) is 35.4 Å². The number of ether oxygens (including phenoxy) is 1. The first-order valence-corrected chi connectivity index (χ1v) is 12.4. The number of hydrogen-bond donors (Lipinski definition) is 1. The van der Waals surface area contributed by atoms with Crippen molar-refractivity contribution in [3.63, 3.8) is 0 Å². The molecule has 0 radical (unpaired) electrons. The quantitative estimate of drug-likeness (QED) is 0.388. The highest BCUT2D eigenvalue weighted by Crippen LogP contribution is 2.36. The van der Waals surface area contributed by atoms with E-state index in [4.69, 9.17) is 16.3 Å². The lowest BCUT2D eigenvalue weighted by Gasteiger charge is -2.30. The van der Waals surface area contributed by atoms with Crippen LogP contribution in [0.3, 0.4) is 0 Å². The van der Waals surface area contributed by atoms with Crippen molar-refractivity contribution in [3.8, 4) is 11.4 Å². The summed E-state index contributed by atoms with van der Waals surface area (Å²) < 4.78 is 7.00. The van der Waals surface area contributed by atoms with Crippen LogP contribution in [0.25, 0.3) is 11.4 Å². The number of allylic oxidation sites excluding steroid dienone is 2. The summed E-state index contributed by atoms with van der Waals surface area (Å²) in [6.07, 6.45) is 5.24. The molecule has 172 valence electrons. The average Bonchev–Trinajstić information content (AvgIpc) is 3.19. The highest BCUT2D eigenvalue weighted by Gasteiger charge is 2.23. The summed E-state index contributed by atoms with van der Waals surface area (Å²) in [5.41, 5.74) is 3.08. The molecule has 0 atom stereocenters. The monoisotopic (exact) mass is 546 g/mol. The third-order valence-electron chi connectivity index (χ3n) is 5.10. The van der Waals surface area contributed by atoms with Crippen LogP contribution in [0.5, 0.6) is 0 Å². The van der Waals surface area contributed by atoms with Crippen LogP contribution in [-0.2, 0) is 16.9 Å². The van der Waals surface area contributed by atoms with Crippen molar-refractivity contribution in [1.82, 2.24) is 15.0 Å². The van der Waals surface area contributed by atoms with Crippen LogP contribution in [0.4, 0.5) is 5.69 Å². The minimum atomic E-state index is -1.15. The van der Waals surface area contributed by atoms with Crippen molar-refractivity contribution >= 4 is 44.6 Å². The number of rotatable bonds is 6. The van der Waals surface area contributed by atoms with E-state index in [0.717, 1.165) is 27.2 Å². The summed E-state index contributed by atoms with van der Waals surface area (Å²) in [6, 6.07) is 5.80. The van der Waals surface area contributed by atoms with E-state index in [1.165, 1.54) is 4.88 Å². The Labute approximate surface area is 210 Å². The Bertz CT molecular complexity index is 1250. The molecule has 4 rings (SSSR count). The van der Waals surface area contributed by atoms with Crippen molar-refractivity contribution in [3.05, 3.63) is 79.3 Å². The van der Waals surface area contributed by atoms with E-state index in [1.54, 1.807) is 43.6 Å². The van der Waals surface area contributed by atoms with Gasteiger partial charge < -0.3 is 14.7 Å². The Morgan fingerprint density at radius 3 is 2.73 bits per heavy atom. The van der Waals surface area contributed by atoms with Gasteiger partial charge in [-0.15, -0.1) is 11.3 Å². The molecule has 1 N–H and O–H groups in total. The Balaban J connectivity index is 1.59. The van der Waals surface area contributed by atoms with Gasteiger partial charge in [0.25, 0.3) is 0 Å². The van der Waals surface area contributed by atoms with Crippen LogP contribution in [0.2, 0.25) is 5.02 Å². The highest BCUT2D eigenvalue weighted by atomic mass is 79.9. The maximum Gasteiger partial charge on any atom is 0.160 e. The van der Waals surface area contributed by atoms with Crippen molar-refractivity contribution in [1.29, 1.82) is 0 Å². The molecule has 0 bridgehead atoms. The Morgan fingerprint density at radius 1 is 1.24 bits per heavy atom. The van der Waals surface area contributed by atoms with Gasteiger partial charge in [0.2, 0.25) is 0 Å². The van der Waals surface area contributed by atoms with Crippen LogP contribution in [0, 0.1) is 6.92 Å². The van der Waals surface area contributed by atoms with Crippen molar-refractivity contribution in [2.75, 3.05) is 11.4 Å². The van der Waals surface area contributed by atoms with Crippen LogP contribution in [-0.4, -0.2) is 26.6 Å². The zero-order valence-corrected chi connectivity index (χ0v) is 21.9. The van der Waals surface area contributed by atoms with E-state index in [2.05, 4.69) is 54.2 Å². The minimum absolute atomic E-state index is 0.334. The molecule has 33 heavy (non-hydrogen) atoms. The van der Waals surface area contributed by atoms with Crippen LogP contribution < -0.4 is 4.90 Å². The first-order chi connectivity index (χ1) is 15.6. The molecule has 3 aromatic rings. The van der Waals surface area contributed by atoms with Gasteiger partial charge in [0.05, 0.1) is 33.1 Å². The number of pyridine rings is 1. The zero-order valence-electron chi connectivity index (χ0n) is 18.8. The lowest BCUT2D eigenvalue weighted by Crippen LogP contribution is -2.27. The lowest BCUT2D eigenvalue weighted by atomic mass is 10.1.